The normalized spacial score (nSPS) is 22.0. The number of quaternary nitrogens is 1. The fourth-order valence-corrected chi connectivity index (χ4v) is 3.53. The third-order valence-electron chi connectivity index (χ3n) is 4.87. The molecule has 0 radical (unpaired) electrons. The number of carbonyl (C=O) groups is 2. The van der Waals surface area contributed by atoms with Gasteiger partial charge in [0.2, 0.25) is 0 Å². The Morgan fingerprint density at radius 1 is 1.30 bits per heavy atom. The molecule has 2 aliphatic rings. The Morgan fingerprint density at radius 2 is 2.09 bits per heavy atom. The molecule has 0 aromatic heterocycles. The zero-order chi connectivity index (χ0) is 16.2. The molecule has 0 saturated carbocycles. The zero-order valence-electron chi connectivity index (χ0n) is 13.8. The van der Waals surface area contributed by atoms with Crippen LogP contribution in [-0.2, 0) is 22.4 Å². The molecule has 1 aromatic rings. The van der Waals surface area contributed by atoms with Gasteiger partial charge in [-0.05, 0) is 49.3 Å². The highest BCUT2D eigenvalue weighted by Crippen LogP contribution is 2.24. The van der Waals surface area contributed by atoms with Crippen molar-refractivity contribution in [1.82, 2.24) is 10.6 Å². The van der Waals surface area contributed by atoms with E-state index in [2.05, 4.69) is 28.8 Å². The van der Waals surface area contributed by atoms with E-state index in [-0.39, 0.29) is 17.9 Å². The Hall–Kier alpha value is -1.88. The van der Waals surface area contributed by atoms with Crippen molar-refractivity contribution < 1.29 is 14.5 Å². The van der Waals surface area contributed by atoms with Crippen molar-refractivity contribution in [2.45, 2.75) is 38.6 Å². The van der Waals surface area contributed by atoms with Crippen molar-refractivity contribution in [3.63, 3.8) is 0 Å². The van der Waals surface area contributed by atoms with E-state index in [1.165, 1.54) is 36.0 Å². The highest BCUT2D eigenvalue weighted by atomic mass is 16.2. The monoisotopic (exact) mass is 316 g/mol. The van der Waals surface area contributed by atoms with Crippen molar-refractivity contribution in [3.8, 4) is 0 Å². The fourth-order valence-electron chi connectivity index (χ4n) is 3.53. The van der Waals surface area contributed by atoms with Gasteiger partial charge in [0.25, 0.3) is 11.8 Å². The SMILES string of the molecule is C[C@@H](NC(=O)C[NH+]1CCNC(=O)C1)c1ccc2c(c1)CCCC2. The van der Waals surface area contributed by atoms with Gasteiger partial charge in [-0.2, -0.15) is 0 Å². The van der Waals surface area contributed by atoms with Gasteiger partial charge in [-0.3, -0.25) is 9.59 Å². The Kier molecular flexibility index (Phi) is 4.96. The summed E-state index contributed by atoms with van der Waals surface area (Å²) in [6, 6.07) is 6.61. The van der Waals surface area contributed by atoms with Crippen molar-refractivity contribution in [2.24, 2.45) is 0 Å². The average Bonchev–Trinajstić information content (AvgIpc) is 2.54. The smallest absolute Gasteiger partial charge is 0.275 e. The van der Waals surface area contributed by atoms with E-state index < -0.39 is 0 Å². The number of hydrogen-bond acceptors (Lipinski definition) is 2. The number of nitrogens with one attached hydrogen (secondary N) is 3. The van der Waals surface area contributed by atoms with Crippen LogP contribution in [-0.4, -0.2) is 38.0 Å². The molecule has 2 amide bonds. The maximum absolute atomic E-state index is 12.2. The summed E-state index contributed by atoms with van der Waals surface area (Å²) in [5.74, 6) is 0.0432. The van der Waals surface area contributed by atoms with Crippen LogP contribution in [0.2, 0.25) is 0 Å². The van der Waals surface area contributed by atoms with Gasteiger partial charge < -0.3 is 15.5 Å². The summed E-state index contributed by atoms with van der Waals surface area (Å²) in [6.07, 6.45) is 4.87. The second-order valence-corrected chi connectivity index (χ2v) is 6.73. The second-order valence-electron chi connectivity index (χ2n) is 6.73. The fraction of sp³-hybridized carbons (Fsp3) is 0.556. The molecular weight excluding hydrogens is 290 g/mol. The molecule has 3 N–H and O–H groups in total. The van der Waals surface area contributed by atoms with E-state index in [0.717, 1.165) is 17.9 Å². The van der Waals surface area contributed by atoms with Crippen LogP contribution in [0, 0.1) is 0 Å². The Balaban J connectivity index is 1.56. The van der Waals surface area contributed by atoms with Gasteiger partial charge in [0.15, 0.2) is 13.1 Å². The Morgan fingerprint density at radius 3 is 2.87 bits per heavy atom. The minimum atomic E-state index is 0.00717. The lowest BCUT2D eigenvalue weighted by Gasteiger charge is -2.24. The molecule has 1 aliphatic heterocycles. The predicted molar refractivity (Wildman–Crippen MR) is 88.2 cm³/mol. The first-order chi connectivity index (χ1) is 11.1. The number of fused-ring (bicyclic) bond motifs is 1. The summed E-state index contributed by atoms with van der Waals surface area (Å²) in [7, 11) is 0. The van der Waals surface area contributed by atoms with E-state index >= 15 is 0 Å². The van der Waals surface area contributed by atoms with Gasteiger partial charge in [0, 0.05) is 0 Å². The number of carbonyl (C=O) groups excluding carboxylic acids is 2. The van der Waals surface area contributed by atoms with Crippen LogP contribution < -0.4 is 15.5 Å². The molecule has 5 nitrogen and oxygen atoms in total. The van der Waals surface area contributed by atoms with E-state index in [9.17, 15) is 9.59 Å². The molecule has 1 unspecified atom stereocenters. The molecule has 5 heteroatoms. The first kappa shape index (κ1) is 16.0. The summed E-state index contributed by atoms with van der Waals surface area (Å²) < 4.78 is 0. The van der Waals surface area contributed by atoms with Crippen molar-refractivity contribution >= 4 is 11.8 Å². The van der Waals surface area contributed by atoms with E-state index in [0.29, 0.717) is 19.6 Å². The third-order valence-corrected chi connectivity index (χ3v) is 4.87. The Labute approximate surface area is 137 Å². The van der Waals surface area contributed by atoms with Gasteiger partial charge in [0.05, 0.1) is 19.1 Å². The molecule has 1 aromatic carbocycles. The van der Waals surface area contributed by atoms with Crippen molar-refractivity contribution in [1.29, 1.82) is 0 Å². The van der Waals surface area contributed by atoms with Crippen LogP contribution in [0.4, 0.5) is 0 Å². The molecule has 23 heavy (non-hydrogen) atoms. The molecular formula is C18H26N3O2+. The van der Waals surface area contributed by atoms with Crippen LogP contribution >= 0.6 is 0 Å². The summed E-state index contributed by atoms with van der Waals surface area (Å²) >= 11 is 0. The second kappa shape index (κ2) is 7.13. The zero-order valence-corrected chi connectivity index (χ0v) is 13.8. The summed E-state index contributed by atoms with van der Waals surface area (Å²) in [5, 5.41) is 5.86. The predicted octanol–water partition coefficient (Wildman–Crippen LogP) is -0.243. The number of hydrogen-bond donors (Lipinski definition) is 3. The molecule has 1 heterocycles. The van der Waals surface area contributed by atoms with Gasteiger partial charge in [-0.1, -0.05) is 18.2 Å². The number of piperazine rings is 1. The topological polar surface area (TPSA) is 62.6 Å². The first-order valence-corrected chi connectivity index (χ1v) is 8.63. The molecule has 2 atom stereocenters. The maximum Gasteiger partial charge on any atom is 0.275 e. The lowest BCUT2D eigenvalue weighted by molar-refractivity contribution is -0.885. The average molecular weight is 316 g/mol. The number of amides is 2. The van der Waals surface area contributed by atoms with E-state index in [1.54, 1.807) is 0 Å². The maximum atomic E-state index is 12.2. The number of rotatable bonds is 4. The van der Waals surface area contributed by atoms with Gasteiger partial charge in [-0.15, -0.1) is 0 Å². The van der Waals surface area contributed by atoms with Gasteiger partial charge >= 0.3 is 0 Å². The summed E-state index contributed by atoms with van der Waals surface area (Å²) in [5.41, 5.74) is 4.07. The molecule has 0 bridgehead atoms. The van der Waals surface area contributed by atoms with E-state index in [1.807, 2.05) is 6.92 Å². The molecule has 124 valence electrons. The quantitative estimate of drug-likeness (QED) is 0.718. The minimum Gasteiger partial charge on any atom is -0.346 e. The van der Waals surface area contributed by atoms with Crippen molar-refractivity contribution in [2.75, 3.05) is 26.2 Å². The van der Waals surface area contributed by atoms with Crippen molar-refractivity contribution in [3.05, 3.63) is 34.9 Å². The summed E-state index contributed by atoms with van der Waals surface area (Å²) in [4.78, 5) is 24.6. The van der Waals surface area contributed by atoms with Crippen LogP contribution in [0.25, 0.3) is 0 Å². The molecule has 1 saturated heterocycles. The van der Waals surface area contributed by atoms with Gasteiger partial charge in [-0.25, -0.2) is 0 Å². The van der Waals surface area contributed by atoms with Crippen LogP contribution in [0.3, 0.4) is 0 Å². The van der Waals surface area contributed by atoms with Gasteiger partial charge in [0.1, 0.15) is 0 Å². The standard InChI is InChI=1S/C18H25N3O2/c1-13(15-7-6-14-4-2-3-5-16(14)10-15)20-18(23)12-21-9-8-19-17(22)11-21/h6-7,10,13H,2-5,8-9,11-12H2,1H3,(H,19,22)(H,20,23)/p+1/t13-/m1/s1. The third kappa shape index (κ3) is 4.10. The van der Waals surface area contributed by atoms with Crippen LogP contribution in [0.1, 0.15) is 42.5 Å². The Bertz CT molecular complexity index is 600. The molecule has 3 rings (SSSR count). The van der Waals surface area contributed by atoms with E-state index in [4.69, 9.17) is 0 Å². The largest absolute Gasteiger partial charge is 0.346 e. The first-order valence-electron chi connectivity index (χ1n) is 8.63. The highest BCUT2D eigenvalue weighted by Gasteiger charge is 2.23. The lowest BCUT2D eigenvalue weighted by Crippen LogP contribution is -3.16. The lowest BCUT2D eigenvalue weighted by atomic mass is 9.89. The molecule has 1 aliphatic carbocycles. The summed E-state index contributed by atoms with van der Waals surface area (Å²) in [6.45, 7) is 4.25. The van der Waals surface area contributed by atoms with Crippen LogP contribution in [0.15, 0.2) is 18.2 Å². The van der Waals surface area contributed by atoms with Crippen LogP contribution in [0.5, 0.6) is 0 Å². The number of aryl methyl sites for hydroxylation is 2. The highest BCUT2D eigenvalue weighted by molar-refractivity contribution is 5.79. The molecule has 1 fully saturated rings. The number of benzene rings is 1. The molecule has 0 spiro atoms. The minimum absolute atomic E-state index is 0.00717.